The first-order chi connectivity index (χ1) is 17.3. The zero-order chi connectivity index (χ0) is 23.9. The molecule has 0 saturated carbocycles. The fourth-order valence-corrected chi connectivity index (χ4v) is 12.9. The van der Waals surface area contributed by atoms with Crippen molar-refractivity contribution in [2.45, 2.75) is 0 Å². The minimum Gasteiger partial charge on any atom is -1.00 e. The first-order valence-corrected chi connectivity index (χ1v) is 15.3. The van der Waals surface area contributed by atoms with Crippen molar-refractivity contribution >= 4 is 47.6 Å². The number of halogens is 1. The van der Waals surface area contributed by atoms with Crippen LogP contribution in [0.3, 0.4) is 0 Å². The fraction of sp³-hybridized carbons (Fsp3) is 0.0323. The summed E-state index contributed by atoms with van der Waals surface area (Å²) in [7, 11) is -2.78. The van der Waals surface area contributed by atoms with E-state index in [1.807, 2.05) is 12.1 Å². The molecule has 0 aliphatic rings. The summed E-state index contributed by atoms with van der Waals surface area (Å²) < 4.78 is 4.07. The van der Waals surface area contributed by atoms with Crippen molar-refractivity contribution < 1.29 is 21.7 Å². The van der Waals surface area contributed by atoms with Crippen LogP contribution < -0.4 is 48.7 Å². The molecule has 3 N–H and O–H groups in total. The molecule has 5 aromatic carbocycles. The minimum absolute atomic E-state index is 0. The second-order valence-corrected chi connectivity index (χ2v) is 14.3. The van der Waals surface area contributed by atoms with Crippen molar-refractivity contribution in [3.8, 4) is 0 Å². The van der Waals surface area contributed by atoms with Crippen LogP contribution in [0.2, 0.25) is 0 Å². The van der Waals surface area contributed by atoms with Gasteiger partial charge >= 0.3 is 0 Å². The summed E-state index contributed by atoms with van der Waals surface area (Å²) >= 11 is 0. The Bertz CT molecular complexity index is 1340. The van der Waals surface area contributed by atoms with Crippen molar-refractivity contribution in [1.29, 1.82) is 0 Å². The maximum Gasteiger partial charge on any atom is 0.222 e. The third-order valence-corrected chi connectivity index (χ3v) is 13.8. The van der Waals surface area contributed by atoms with Gasteiger partial charge in [-0.1, -0.05) is 109 Å². The number of nitrogen functional groups attached to an aromatic ring is 1. The number of rotatable bonds is 7. The maximum atomic E-state index is 6.50. The summed E-state index contributed by atoms with van der Waals surface area (Å²) in [6.45, 7) is 0. The van der Waals surface area contributed by atoms with Crippen LogP contribution >= 0.6 is 15.0 Å². The van der Waals surface area contributed by atoms with E-state index in [9.17, 15) is 0 Å². The van der Waals surface area contributed by atoms with Crippen LogP contribution in [0.4, 0.5) is 11.4 Å². The van der Waals surface area contributed by atoms with Gasteiger partial charge in [0.15, 0.2) is 7.05 Å². The zero-order valence-electron chi connectivity index (χ0n) is 19.9. The van der Waals surface area contributed by atoms with Crippen LogP contribution in [-0.4, -0.2) is 5.90 Å². The van der Waals surface area contributed by atoms with Crippen LogP contribution in [0.1, 0.15) is 0 Å². The lowest BCUT2D eigenvalue weighted by Crippen LogP contribution is -3.00. The maximum absolute atomic E-state index is 6.50. The molecule has 0 saturated heterocycles. The molecule has 0 fully saturated rings. The third-order valence-electron chi connectivity index (χ3n) is 6.16. The highest BCUT2D eigenvalue weighted by Gasteiger charge is 2.36. The summed E-state index contributed by atoms with van der Waals surface area (Å²) in [6.07, 6.45) is 0. The van der Waals surface area contributed by atoms with Gasteiger partial charge < -0.3 is 22.7 Å². The van der Waals surface area contributed by atoms with E-state index in [0.29, 0.717) is 0 Å². The molecule has 36 heavy (non-hydrogen) atoms. The van der Waals surface area contributed by atoms with Gasteiger partial charge in [-0.15, -0.1) is 0 Å². The number of hydrogen-bond donors (Lipinski definition) is 2. The molecule has 5 rings (SSSR count). The number of benzene rings is 5. The summed E-state index contributed by atoms with van der Waals surface area (Å²) in [5, 5.41) is 5.42. The van der Waals surface area contributed by atoms with Gasteiger partial charge in [-0.25, -0.2) is 4.74 Å². The van der Waals surface area contributed by atoms with E-state index in [2.05, 4.69) is 138 Å². The van der Waals surface area contributed by atoms with Gasteiger partial charge in [0.25, 0.3) is 0 Å². The van der Waals surface area contributed by atoms with Crippen molar-refractivity contribution in [2.24, 2.45) is 0 Å². The number of nitrogens with two attached hydrogens (primary N) is 1. The van der Waals surface area contributed by atoms with E-state index in [4.69, 9.17) is 5.73 Å². The van der Waals surface area contributed by atoms with E-state index in [1.54, 1.807) is 0 Å². The molecule has 0 bridgehead atoms. The lowest BCUT2D eigenvalue weighted by molar-refractivity contribution is -0.326. The number of anilines is 1. The Morgan fingerprint density at radius 1 is 0.528 bits per heavy atom. The van der Waals surface area contributed by atoms with Crippen LogP contribution in [0.5, 0.6) is 0 Å². The molecule has 2 nitrogen and oxygen atoms in total. The summed E-state index contributed by atoms with van der Waals surface area (Å²) in [4.78, 5) is 0. The van der Waals surface area contributed by atoms with E-state index < -0.39 is 15.0 Å². The lowest BCUT2D eigenvalue weighted by atomic mass is 10.3. The van der Waals surface area contributed by atoms with Gasteiger partial charge in [0.2, 0.25) is 5.69 Å². The lowest BCUT2D eigenvalue weighted by Gasteiger charge is -2.27. The average molecular weight is 571 g/mol. The Hall–Kier alpha value is -2.96. The van der Waals surface area contributed by atoms with Gasteiger partial charge in [0, 0.05) is 16.7 Å². The molecule has 0 aliphatic carbocycles. The van der Waals surface area contributed by atoms with Crippen LogP contribution in [-0.2, 0) is 0 Å². The second-order valence-electron chi connectivity index (χ2n) is 8.42. The van der Waals surface area contributed by atoms with Crippen LogP contribution in [0, 0.1) is 0 Å². The topological polar surface area (TPSA) is 40.0 Å². The van der Waals surface area contributed by atoms with Gasteiger partial charge in [0.1, 0.15) is 5.69 Å². The largest absolute Gasteiger partial charge is 1.00 e. The quantitative estimate of drug-likeness (QED) is 0.228. The predicted octanol–water partition coefficient (Wildman–Crippen LogP) is 1.93. The van der Waals surface area contributed by atoms with E-state index in [-0.39, 0.29) is 17.0 Å². The molecular formula is C31H29BrN2P2. The molecule has 0 heterocycles. The molecule has 0 radical (unpaired) electrons. The van der Waals surface area contributed by atoms with Crippen LogP contribution in [0.15, 0.2) is 146 Å². The van der Waals surface area contributed by atoms with Gasteiger partial charge in [0.05, 0.1) is 5.90 Å². The molecule has 0 aromatic heterocycles. The van der Waals surface area contributed by atoms with Crippen molar-refractivity contribution in [3.05, 3.63) is 146 Å². The predicted molar refractivity (Wildman–Crippen MR) is 154 cm³/mol. The Labute approximate surface area is 225 Å². The summed E-state index contributed by atoms with van der Waals surface area (Å²) in [5.74, 6) is 0.985. The standard InChI is InChI=1S/C31H28N2P2.BrH/c32-30-23-13-14-24-31(30)33-35(28-19-9-3-10-20-28,29-21-11-4-12-22-29)25-34(26-15-5-1-6-16-26)27-17-7-2-8-18-27;/h1-24H,25,32H2;1H. The van der Waals surface area contributed by atoms with E-state index >= 15 is 0 Å². The number of hydrogen-bond acceptors (Lipinski definition) is 1. The van der Waals surface area contributed by atoms with Crippen LogP contribution in [0.25, 0.3) is 0 Å². The normalized spacial score (nSPS) is 11.0. The molecular weight excluding hydrogens is 542 g/mol. The Kier molecular flexibility index (Phi) is 8.94. The average Bonchev–Trinajstić information content (AvgIpc) is 2.94. The van der Waals surface area contributed by atoms with Gasteiger partial charge in [-0.3, -0.25) is 0 Å². The molecule has 0 atom stereocenters. The highest BCUT2D eigenvalue weighted by atomic mass is 79.9. The molecule has 180 valence electrons. The monoisotopic (exact) mass is 570 g/mol. The molecule has 0 aliphatic heterocycles. The summed E-state index contributed by atoms with van der Waals surface area (Å²) in [5.41, 5.74) is 8.26. The Morgan fingerprint density at radius 3 is 1.36 bits per heavy atom. The van der Waals surface area contributed by atoms with Crippen molar-refractivity contribution in [1.82, 2.24) is 0 Å². The Balaban J connectivity index is 0.00000304. The minimum atomic E-state index is -2.14. The van der Waals surface area contributed by atoms with Crippen molar-refractivity contribution in [3.63, 3.8) is 0 Å². The van der Waals surface area contributed by atoms with E-state index in [0.717, 1.165) is 17.3 Å². The molecule has 0 spiro atoms. The Morgan fingerprint density at radius 2 is 0.917 bits per heavy atom. The number of para-hydroxylation sites is 2. The third kappa shape index (κ3) is 5.71. The fourth-order valence-electron chi connectivity index (χ4n) is 4.39. The molecule has 5 aromatic rings. The highest BCUT2D eigenvalue weighted by Crippen LogP contribution is 2.52. The molecule has 0 unspecified atom stereocenters. The van der Waals surface area contributed by atoms with Gasteiger partial charge in [-0.2, -0.15) is 0 Å². The SMILES string of the molecule is Nc1ccccc1[NH+]=P(CP(c1ccccc1)c1ccccc1)(c1ccccc1)c1ccccc1.[Br-]. The molecule has 5 heteroatoms. The summed E-state index contributed by atoms with van der Waals surface area (Å²) in [6, 6.07) is 51.9. The highest BCUT2D eigenvalue weighted by molar-refractivity contribution is 7.91. The van der Waals surface area contributed by atoms with Gasteiger partial charge in [-0.05, 0) is 48.9 Å². The first-order valence-electron chi connectivity index (χ1n) is 11.8. The second kappa shape index (κ2) is 12.3. The first kappa shape index (κ1) is 26.1. The molecule has 0 amide bonds. The van der Waals surface area contributed by atoms with E-state index in [1.165, 1.54) is 21.2 Å². The zero-order valence-corrected chi connectivity index (χ0v) is 23.3. The van der Waals surface area contributed by atoms with Crippen molar-refractivity contribution in [2.75, 3.05) is 11.6 Å². The smallest absolute Gasteiger partial charge is 0.222 e. The number of nitrogens with one attached hydrogen (secondary N) is 1.